The topological polar surface area (TPSA) is 41.3 Å². The van der Waals surface area contributed by atoms with Gasteiger partial charge in [-0.3, -0.25) is 9.58 Å². The molecule has 3 rings (SSSR count). The van der Waals surface area contributed by atoms with Gasteiger partial charge in [0.15, 0.2) is 0 Å². The van der Waals surface area contributed by atoms with Gasteiger partial charge in [-0.15, -0.1) is 0 Å². The number of rotatable bonds is 3. The smallest absolute Gasteiger partial charge is 0.0817 e. The zero-order chi connectivity index (χ0) is 11.9. The molecule has 2 aliphatic rings. The monoisotopic (exact) mass is 235 g/mol. The van der Waals surface area contributed by atoms with E-state index in [1.165, 1.54) is 24.9 Å². The third-order valence-corrected chi connectivity index (χ3v) is 4.42. The van der Waals surface area contributed by atoms with Crippen molar-refractivity contribution in [1.82, 2.24) is 14.7 Å². The van der Waals surface area contributed by atoms with Crippen LogP contribution in [0.1, 0.15) is 31.2 Å². The Kier molecular flexibility index (Phi) is 2.71. The van der Waals surface area contributed by atoms with Crippen LogP contribution in [0.3, 0.4) is 0 Å². The Balaban J connectivity index is 1.64. The van der Waals surface area contributed by atoms with Crippen LogP contribution in [0.2, 0.25) is 0 Å². The molecule has 2 atom stereocenters. The van der Waals surface area contributed by atoms with Gasteiger partial charge in [0, 0.05) is 25.8 Å². The molecule has 17 heavy (non-hydrogen) atoms. The standard InChI is InChI=1S/C13H21N3O/c1-15-10-11(9-14-15)4-5-13(17)6-8-16-7-2-3-12(13)16/h9-10,12,17H,2-8H2,1H3. The van der Waals surface area contributed by atoms with Crippen LogP contribution in [0.4, 0.5) is 0 Å². The SMILES string of the molecule is Cn1cc(CCC2(O)CCN3CCCC32)cn1. The molecular weight excluding hydrogens is 214 g/mol. The summed E-state index contributed by atoms with van der Waals surface area (Å²) in [6, 6.07) is 0.416. The second kappa shape index (κ2) is 4.10. The molecule has 2 saturated heterocycles. The average Bonchev–Trinajstić information content (AvgIpc) is 2.96. The summed E-state index contributed by atoms with van der Waals surface area (Å²) < 4.78 is 1.83. The summed E-state index contributed by atoms with van der Waals surface area (Å²) in [6.45, 7) is 2.26. The van der Waals surface area contributed by atoms with Gasteiger partial charge in [-0.2, -0.15) is 5.10 Å². The van der Waals surface area contributed by atoms with Crippen LogP contribution in [0.15, 0.2) is 12.4 Å². The number of hydrogen-bond donors (Lipinski definition) is 1. The number of hydrogen-bond acceptors (Lipinski definition) is 3. The first kappa shape index (κ1) is 11.2. The van der Waals surface area contributed by atoms with Crippen LogP contribution in [0, 0.1) is 0 Å². The lowest BCUT2D eigenvalue weighted by atomic mass is 9.87. The van der Waals surface area contributed by atoms with E-state index in [2.05, 4.69) is 10.00 Å². The molecule has 94 valence electrons. The summed E-state index contributed by atoms with van der Waals surface area (Å²) in [4.78, 5) is 2.46. The van der Waals surface area contributed by atoms with Gasteiger partial charge >= 0.3 is 0 Å². The summed E-state index contributed by atoms with van der Waals surface area (Å²) in [6.07, 6.45) is 9.13. The van der Waals surface area contributed by atoms with E-state index < -0.39 is 5.60 Å². The molecule has 4 heteroatoms. The first-order chi connectivity index (χ1) is 8.17. The summed E-state index contributed by atoms with van der Waals surface area (Å²) in [7, 11) is 1.94. The Labute approximate surface area is 102 Å². The fourth-order valence-electron chi connectivity index (χ4n) is 3.46. The van der Waals surface area contributed by atoms with Crippen molar-refractivity contribution in [2.45, 2.75) is 43.7 Å². The molecule has 2 aliphatic heterocycles. The molecule has 4 nitrogen and oxygen atoms in total. The first-order valence-electron chi connectivity index (χ1n) is 6.61. The van der Waals surface area contributed by atoms with E-state index in [0.717, 1.165) is 25.8 Å². The molecule has 0 amide bonds. The van der Waals surface area contributed by atoms with E-state index in [4.69, 9.17) is 0 Å². The zero-order valence-electron chi connectivity index (χ0n) is 10.5. The lowest BCUT2D eigenvalue weighted by Crippen LogP contribution is -2.41. The summed E-state index contributed by atoms with van der Waals surface area (Å²) in [5.74, 6) is 0. The molecule has 1 aromatic heterocycles. The molecule has 0 spiro atoms. The maximum absolute atomic E-state index is 10.8. The first-order valence-corrected chi connectivity index (χ1v) is 6.61. The molecule has 0 saturated carbocycles. The van der Waals surface area contributed by atoms with Crippen molar-refractivity contribution in [3.8, 4) is 0 Å². The predicted molar refractivity (Wildman–Crippen MR) is 65.7 cm³/mol. The molecular formula is C13H21N3O. The molecule has 3 heterocycles. The van der Waals surface area contributed by atoms with Crippen molar-refractivity contribution in [2.24, 2.45) is 7.05 Å². The third-order valence-electron chi connectivity index (χ3n) is 4.42. The minimum atomic E-state index is -0.452. The highest BCUT2D eigenvalue weighted by Gasteiger charge is 2.47. The summed E-state index contributed by atoms with van der Waals surface area (Å²) in [5, 5.41) is 14.9. The van der Waals surface area contributed by atoms with Gasteiger partial charge in [0.25, 0.3) is 0 Å². The highest BCUT2D eigenvalue weighted by Crippen LogP contribution is 2.38. The lowest BCUT2D eigenvalue weighted by molar-refractivity contribution is 0.00612. The zero-order valence-corrected chi connectivity index (χ0v) is 10.5. The van der Waals surface area contributed by atoms with E-state index in [1.807, 2.05) is 24.1 Å². The molecule has 0 aromatic carbocycles. The second-order valence-electron chi connectivity index (χ2n) is 5.57. The predicted octanol–water partition coefficient (Wildman–Crippen LogP) is 0.952. The van der Waals surface area contributed by atoms with E-state index in [1.54, 1.807) is 0 Å². The molecule has 0 aliphatic carbocycles. The van der Waals surface area contributed by atoms with Gasteiger partial charge in [-0.05, 0) is 44.2 Å². The van der Waals surface area contributed by atoms with Crippen molar-refractivity contribution in [3.63, 3.8) is 0 Å². The van der Waals surface area contributed by atoms with Crippen molar-refractivity contribution in [3.05, 3.63) is 18.0 Å². The van der Waals surface area contributed by atoms with Gasteiger partial charge < -0.3 is 5.11 Å². The van der Waals surface area contributed by atoms with Gasteiger partial charge in [-0.25, -0.2) is 0 Å². The van der Waals surface area contributed by atoms with Crippen LogP contribution in [-0.4, -0.2) is 44.5 Å². The van der Waals surface area contributed by atoms with E-state index >= 15 is 0 Å². The largest absolute Gasteiger partial charge is 0.388 e. The number of aromatic nitrogens is 2. The maximum atomic E-state index is 10.8. The van der Waals surface area contributed by atoms with Crippen molar-refractivity contribution >= 4 is 0 Å². The Morgan fingerprint density at radius 1 is 1.53 bits per heavy atom. The Hall–Kier alpha value is -0.870. The van der Waals surface area contributed by atoms with E-state index in [0.29, 0.717) is 6.04 Å². The van der Waals surface area contributed by atoms with Gasteiger partial charge in [-0.1, -0.05) is 0 Å². The summed E-state index contributed by atoms with van der Waals surface area (Å²) in [5.41, 5.74) is 0.782. The number of nitrogens with zero attached hydrogens (tertiary/aromatic N) is 3. The minimum absolute atomic E-state index is 0.416. The Morgan fingerprint density at radius 2 is 2.41 bits per heavy atom. The van der Waals surface area contributed by atoms with Gasteiger partial charge in [0.05, 0.1) is 11.8 Å². The molecule has 2 fully saturated rings. The molecule has 1 N–H and O–H groups in total. The van der Waals surface area contributed by atoms with E-state index in [9.17, 15) is 5.11 Å². The maximum Gasteiger partial charge on any atom is 0.0817 e. The van der Waals surface area contributed by atoms with Crippen LogP contribution in [0.25, 0.3) is 0 Å². The highest BCUT2D eigenvalue weighted by atomic mass is 16.3. The number of fused-ring (bicyclic) bond motifs is 1. The number of aryl methyl sites for hydroxylation is 2. The van der Waals surface area contributed by atoms with Gasteiger partial charge in [0.1, 0.15) is 0 Å². The van der Waals surface area contributed by atoms with Gasteiger partial charge in [0.2, 0.25) is 0 Å². The average molecular weight is 235 g/mol. The Morgan fingerprint density at radius 3 is 3.18 bits per heavy atom. The fourth-order valence-corrected chi connectivity index (χ4v) is 3.46. The Bertz CT molecular complexity index is 403. The third kappa shape index (κ3) is 2.00. The van der Waals surface area contributed by atoms with Crippen molar-refractivity contribution in [1.29, 1.82) is 0 Å². The molecule has 0 radical (unpaired) electrons. The highest BCUT2D eigenvalue weighted by molar-refractivity contribution is 5.08. The quantitative estimate of drug-likeness (QED) is 0.848. The van der Waals surface area contributed by atoms with Crippen LogP contribution < -0.4 is 0 Å². The van der Waals surface area contributed by atoms with Crippen LogP contribution in [-0.2, 0) is 13.5 Å². The second-order valence-corrected chi connectivity index (χ2v) is 5.57. The minimum Gasteiger partial charge on any atom is -0.388 e. The van der Waals surface area contributed by atoms with Crippen molar-refractivity contribution in [2.75, 3.05) is 13.1 Å². The normalized spacial score (nSPS) is 33.2. The number of aliphatic hydroxyl groups is 1. The lowest BCUT2D eigenvalue weighted by Gasteiger charge is -2.29. The van der Waals surface area contributed by atoms with E-state index in [-0.39, 0.29) is 0 Å². The molecule has 1 aromatic rings. The van der Waals surface area contributed by atoms with Crippen molar-refractivity contribution < 1.29 is 5.11 Å². The molecule has 0 bridgehead atoms. The summed E-state index contributed by atoms with van der Waals surface area (Å²) >= 11 is 0. The van der Waals surface area contributed by atoms with Crippen LogP contribution >= 0.6 is 0 Å². The fraction of sp³-hybridized carbons (Fsp3) is 0.769. The van der Waals surface area contributed by atoms with Crippen LogP contribution in [0.5, 0.6) is 0 Å². The molecule has 2 unspecified atom stereocenters.